The molecule has 9 heavy (non-hydrogen) atoms. The molecule has 2 heteroatoms. The summed E-state index contributed by atoms with van der Waals surface area (Å²) < 4.78 is 0. The Morgan fingerprint density at radius 3 is 3.00 bits per heavy atom. The van der Waals surface area contributed by atoms with Crippen LogP contribution in [0.2, 0.25) is 0 Å². The molecule has 0 heterocycles. The maximum Gasteiger partial charge on any atom is 0.155 e. The summed E-state index contributed by atoms with van der Waals surface area (Å²) in [6.07, 6.45) is 4.41. The summed E-state index contributed by atoms with van der Waals surface area (Å²) in [7, 11) is 0. The lowest BCUT2D eigenvalue weighted by molar-refractivity contribution is -0.115. The summed E-state index contributed by atoms with van der Waals surface area (Å²) in [5, 5.41) is 8.36. The van der Waals surface area contributed by atoms with E-state index in [0.29, 0.717) is 12.8 Å². The van der Waals surface area contributed by atoms with Crippen LogP contribution in [0.1, 0.15) is 12.8 Å². The molecule has 0 radical (unpaired) electrons. The van der Waals surface area contributed by atoms with Gasteiger partial charge in [0.1, 0.15) is 0 Å². The summed E-state index contributed by atoms with van der Waals surface area (Å²) in [5.74, 6) is 0.115. The summed E-state index contributed by atoms with van der Waals surface area (Å²) in [6.45, 7) is 0. The number of carbonyl (C=O) groups is 1. The van der Waals surface area contributed by atoms with E-state index in [0.717, 1.165) is 0 Å². The smallest absolute Gasteiger partial charge is 0.155 e. The quantitative estimate of drug-likeness (QED) is 0.480. The fraction of sp³-hybridized carbons (Fsp3) is 0.429. The van der Waals surface area contributed by atoms with Crippen molar-refractivity contribution >= 4 is 5.78 Å². The highest BCUT2D eigenvalue weighted by atomic mass is 16.1. The number of nitriles is 1. The average molecular weight is 121 g/mol. The maximum atomic E-state index is 10.5. The van der Waals surface area contributed by atoms with Crippen LogP contribution in [0, 0.1) is 17.2 Å². The Bertz CT molecular complexity index is 188. The molecule has 0 fully saturated rings. The Morgan fingerprint density at radius 2 is 2.56 bits per heavy atom. The number of hydrogen-bond acceptors (Lipinski definition) is 2. The van der Waals surface area contributed by atoms with Crippen molar-refractivity contribution in [2.45, 2.75) is 12.8 Å². The molecule has 1 unspecified atom stereocenters. The van der Waals surface area contributed by atoms with Gasteiger partial charge in [0.25, 0.3) is 0 Å². The molecular weight excluding hydrogens is 114 g/mol. The van der Waals surface area contributed by atoms with E-state index in [-0.39, 0.29) is 11.7 Å². The number of rotatable bonds is 0. The molecule has 46 valence electrons. The van der Waals surface area contributed by atoms with Crippen LogP contribution in [0.3, 0.4) is 0 Å². The molecule has 0 aromatic heterocycles. The van der Waals surface area contributed by atoms with Gasteiger partial charge in [-0.3, -0.25) is 4.79 Å². The van der Waals surface area contributed by atoms with Gasteiger partial charge in [-0.2, -0.15) is 5.26 Å². The molecular formula is C7H7NO. The summed E-state index contributed by atoms with van der Waals surface area (Å²) in [5.41, 5.74) is 0. The molecule has 0 spiro atoms. The topological polar surface area (TPSA) is 40.9 Å². The van der Waals surface area contributed by atoms with Crippen molar-refractivity contribution in [2.75, 3.05) is 0 Å². The molecule has 1 atom stereocenters. The van der Waals surface area contributed by atoms with Crippen LogP contribution in [0.4, 0.5) is 0 Å². The zero-order chi connectivity index (χ0) is 6.69. The predicted molar refractivity (Wildman–Crippen MR) is 32.5 cm³/mol. The standard InChI is InChI=1S/C7H7NO/c8-5-6-1-3-7(9)4-2-6/h1,3,6H,2,4H2. The van der Waals surface area contributed by atoms with E-state index in [1.54, 1.807) is 6.08 Å². The van der Waals surface area contributed by atoms with Crippen molar-refractivity contribution in [1.82, 2.24) is 0 Å². The third-order valence-corrected chi connectivity index (χ3v) is 1.38. The Labute approximate surface area is 53.8 Å². The summed E-state index contributed by atoms with van der Waals surface area (Å²) >= 11 is 0. The number of nitrogens with zero attached hydrogens (tertiary/aromatic N) is 1. The molecule has 0 aromatic rings. The molecule has 1 aliphatic rings. The monoisotopic (exact) mass is 121 g/mol. The highest BCUT2D eigenvalue weighted by Gasteiger charge is 2.10. The molecule has 0 aromatic carbocycles. The Balaban J connectivity index is 2.60. The highest BCUT2D eigenvalue weighted by Crippen LogP contribution is 2.12. The third kappa shape index (κ3) is 1.39. The first-order chi connectivity index (χ1) is 4.33. The summed E-state index contributed by atoms with van der Waals surface area (Å²) in [6, 6.07) is 2.09. The minimum atomic E-state index is -0.0253. The molecule has 0 amide bonds. The molecule has 0 N–H and O–H groups in total. The first-order valence-electron chi connectivity index (χ1n) is 2.93. The largest absolute Gasteiger partial charge is 0.295 e. The van der Waals surface area contributed by atoms with Crippen molar-refractivity contribution < 1.29 is 4.79 Å². The van der Waals surface area contributed by atoms with Gasteiger partial charge in [-0.05, 0) is 12.5 Å². The van der Waals surface area contributed by atoms with E-state index in [9.17, 15) is 4.79 Å². The molecule has 2 nitrogen and oxygen atoms in total. The van der Waals surface area contributed by atoms with Gasteiger partial charge in [0.05, 0.1) is 12.0 Å². The molecule has 0 aliphatic heterocycles. The average Bonchev–Trinajstić information content (AvgIpc) is 1.90. The fourth-order valence-corrected chi connectivity index (χ4v) is 0.808. The minimum Gasteiger partial charge on any atom is -0.295 e. The number of allylic oxidation sites excluding steroid dienone is 2. The van der Waals surface area contributed by atoms with Gasteiger partial charge in [-0.25, -0.2) is 0 Å². The lowest BCUT2D eigenvalue weighted by atomic mass is 9.97. The van der Waals surface area contributed by atoms with Crippen molar-refractivity contribution in [3.8, 4) is 6.07 Å². The second kappa shape index (κ2) is 2.45. The zero-order valence-electron chi connectivity index (χ0n) is 5.00. The first kappa shape index (κ1) is 6.03. The Hall–Kier alpha value is -1.10. The minimum absolute atomic E-state index is 0.0253. The van der Waals surface area contributed by atoms with Gasteiger partial charge < -0.3 is 0 Å². The molecule has 1 rings (SSSR count). The van der Waals surface area contributed by atoms with Crippen LogP contribution in [-0.4, -0.2) is 5.78 Å². The summed E-state index contributed by atoms with van der Waals surface area (Å²) in [4.78, 5) is 10.5. The first-order valence-corrected chi connectivity index (χ1v) is 2.93. The second-order valence-corrected chi connectivity index (χ2v) is 2.10. The fourth-order valence-electron chi connectivity index (χ4n) is 0.808. The number of carbonyl (C=O) groups excluding carboxylic acids is 1. The van der Waals surface area contributed by atoms with Gasteiger partial charge in [-0.1, -0.05) is 6.08 Å². The van der Waals surface area contributed by atoms with Crippen LogP contribution in [0.5, 0.6) is 0 Å². The van der Waals surface area contributed by atoms with Gasteiger partial charge in [-0.15, -0.1) is 0 Å². The molecule has 0 saturated carbocycles. The van der Waals surface area contributed by atoms with Crippen molar-refractivity contribution in [3.05, 3.63) is 12.2 Å². The van der Waals surface area contributed by atoms with Gasteiger partial charge in [0.2, 0.25) is 0 Å². The predicted octanol–water partition coefficient (Wildman–Crippen LogP) is 1.05. The van der Waals surface area contributed by atoms with E-state index < -0.39 is 0 Å². The van der Waals surface area contributed by atoms with Gasteiger partial charge in [0, 0.05) is 6.42 Å². The normalized spacial score (nSPS) is 25.7. The van der Waals surface area contributed by atoms with Crippen LogP contribution >= 0.6 is 0 Å². The van der Waals surface area contributed by atoms with E-state index in [2.05, 4.69) is 6.07 Å². The van der Waals surface area contributed by atoms with Crippen LogP contribution in [0.15, 0.2) is 12.2 Å². The number of ketones is 1. The Kier molecular flexibility index (Phi) is 1.64. The van der Waals surface area contributed by atoms with Gasteiger partial charge >= 0.3 is 0 Å². The lowest BCUT2D eigenvalue weighted by Gasteiger charge is -2.05. The highest BCUT2D eigenvalue weighted by molar-refractivity contribution is 5.90. The van der Waals surface area contributed by atoms with Gasteiger partial charge in [0.15, 0.2) is 5.78 Å². The molecule has 0 saturated heterocycles. The van der Waals surface area contributed by atoms with Crippen molar-refractivity contribution in [2.24, 2.45) is 5.92 Å². The zero-order valence-corrected chi connectivity index (χ0v) is 5.00. The lowest BCUT2D eigenvalue weighted by Crippen LogP contribution is -2.04. The van der Waals surface area contributed by atoms with Crippen molar-refractivity contribution in [3.63, 3.8) is 0 Å². The van der Waals surface area contributed by atoms with Crippen LogP contribution in [-0.2, 0) is 4.79 Å². The van der Waals surface area contributed by atoms with Crippen LogP contribution in [0.25, 0.3) is 0 Å². The van der Waals surface area contributed by atoms with E-state index in [1.807, 2.05) is 0 Å². The van der Waals surface area contributed by atoms with E-state index in [4.69, 9.17) is 5.26 Å². The Morgan fingerprint density at radius 1 is 1.78 bits per heavy atom. The number of hydrogen-bond donors (Lipinski definition) is 0. The third-order valence-electron chi connectivity index (χ3n) is 1.38. The molecule has 0 bridgehead atoms. The SMILES string of the molecule is N#CC1C=CC(=O)CC1. The second-order valence-electron chi connectivity index (χ2n) is 2.10. The van der Waals surface area contributed by atoms with E-state index >= 15 is 0 Å². The van der Waals surface area contributed by atoms with E-state index in [1.165, 1.54) is 6.08 Å². The van der Waals surface area contributed by atoms with Crippen molar-refractivity contribution in [1.29, 1.82) is 5.26 Å². The molecule has 1 aliphatic carbocycles. The maximum absolute atomic E-state index is 10.5. The van der Waals surface area contributed by atoms with Crippen LogP contribution < -0.4 is 0 Å².